The van der Waals surface area contributed by atoms with Gasteiger partial charge in [-0.3, -0.25) is 9.59 Å². The van der Waals surface area contributed by atoms with Gasteiger partial charge in [-0.05, 0) is 35.8 Å². The molecule has 1 amide bonds. The van der Waals surface area contributed by atoms with Crippen molar-refractivity contribution in [2.24, 2.45) is 0 Å². The molecule has 1 aromatic carbocycles. The number of fused-ring (bicyclic) bond motifs is 1. The van der Waals surface area contributed by atoms with Gasteiger partial charge in [0.1, 0.15) is 11.6 Å². The van der Waals surface area contributed by atoms with Crippen molar-refractivity contribution in [2.45, 2.75) is 25.4 Å². The van der Waals surface area contributed by atoms with Gasteiger partial charge in [0.25, 0.3) is 5.91 Å². The number of carboxylic acids is 2. The average molecular weight is 438 g/mol. The third-order valence-corrected chi connectivity index (χ3v) is 4.82. The van der Waals surface area contributed by atoms with E-state index in [0.717, 1.165) is 11.1 Å². The van der Waals surface area contributed by atoms with Crippen molar-refractivity contribution in [1.82, 2.24) is 19.9 Å². The fraction of sp³-hybridized carbons (Fsp3) is 0.190. The largest absolute Gasteiger partial charge is 0.481 e. The lowest BCUT2D eigenvalue weighted by Gasteiger charge is -2.14. The topological polar surface area (TPSA) is 186 Å². The molecule has 32 heavy (non-hydrogen) atoms. The molecule has 0 saturated heterocycles. The molecule has 0 saturated carbocycles. The zero-order valence-corrected chi connectivity index (χ0v) is 17.0. The second-order valence-electron chi connectivity index (χ2n) is 7.12. The highest BCUT2D eigenvalue weighted by atomic mass is 16.4. The van der Waals surface area contributed by atoms with Crippen LogP contribution in [0.3, 0.4) is 0 Å². The third kappa shape index (κ3) is 5.01. The summed E-state index contributed by atoms with van der Waals surface area (Å²) in [7, 11) is 0. The summed E-state index contributed by atoms with van der Waals surface area (Å²) in [6.45, 7) is 4.47. The smallest absolute Gasteiger partial charge is 0.326 e. The number of amides is 1. The zero-order chi connectivity index (χ0) is 23.4. The molecule has 0 unspecified atom stereocenters. The van der Waals surface area contributed by atoms with Crippen LogP contribution in [0.4, 0.5) is 11.8 Å². The predicted molar refractivity (Wildman–Crippen MR) is 118 cm³/mol. The van der Waals surface area contributed by atoms with Crippen LogP contribution in [0.5, 0.6) is 0 Å². The summed E-state index contributed by atoms with van der Waals surface area (Å²) in [6, 6.07) is 6.93. The minimum absolute atomic E-state index is 0.0912. The number of hydrogen-bond acceptors (Lipinski definition) is 7. The molecule has 0 fully saturated rings. The van der Waals surface area contributed by atoms with Crippen LogP contribution in [0.15, 0.2) is 43.1 Å². The Morgan fingerprint density at radius 3 is 2.34 bits per heavy atom. The van der Waals surface area contributed by atoms with Crippen molar-refractivity contribution >= 4 is 46.2 Å². The van der Waals surface area contributed by atoms with Crippen molar-refractivity contribution in [3.05, 3.63) is 54.2 Å². The number of nitrogen functional groups attached to an aromatic ring is 2. The number of benzene rings is 1. The SMILES string of the molecule is C=C(Cn1ccc2nc(N)nc(N)c21)c1ccc(C(=O)N[C@@H](CCC(=O)O)C(=O)O)cc1. The van der Waals surface area contributed by atoms with E-state index >= 15 is 0 Å². The lowest BCUT2D eigenvalue weighted by Crippen LogP contribution is -2.41. The molecule has 3 aromatic rings. The number of nitrogens with one attached hydrogen (secondary N) is 1. The predicted octanol–water partition coefficient (Wildman–Crippen LogP) is 1.36. The molecule has 2 heterocycles. The maximum atomic E-state index is 12.4. The molecule has 1 atom stereocenters. The number of nitrogens with zero attached hydrogens (tertiary/aromatic N) is 3. The Balaban J connectivity index is 1.70. The van der Waals surface area contributed by atoms with E-state index in [1.54, 1.807) is 24.4 Å². The molecule has 0 aliphatic carbocycles. The maximum Gasteiger partial charge on any atom is 0.326 e. The van der Waals surface area contributed by atoms with Gasteiger partial charge in [0.15, 0.2) is 5.82 Å². The Hall–Kier alpha value is -4.41. The lowest BCUT2D eigenvalue weighted by molar-refractivity contribution is -0.140. The van der Waals surface area contributed by atoms with Gasteiger partial charge < -0.3 is 31.6 Å². The number of anilines is 2. The number of hydrogen-bond donors (Lipinski definition) is 5. The molecule has 0 bridgehead atoms. The van der Waals surface area contributed by atoms with Gasteiger partial charge >= 0.3 is 11.9 Å². The number of rotatable bonds is 9. The molecule has 0 radical (unpaired) electrons. The second-order valence-corrected chi connectivity index (χ2v) is 7.12. The van der Waals surface area contributed by atoms with E-state index in [1.807, 2.05) is 4.57 Å². The van der Waals surface area contributed by atoms with Crippen molar-refractivity contribution in [1.29, 1.82) is 0 Å². The lowest BCUT2D eigenvalue weighted by atomic mass is 10.0. The summed E-state index contributed by atoms with van der Waals surface area (Å²) in [5.74, 6) is -2.70. The Morgan fingerprint density at radius 1 is 1.06 bits per heavy atom. The molecule has 11 nitrogen and oxygen atoms in total. The number of allylic oxidation sites excluding steroid dienone is 1. The first kappa shape index (κ1) is 22.3. The highest BCUT2D eigenvalue weighted by Crippen LogP contribution is 2.23. The van der Waals surface area contributed by atoms with Gasteiger partial charge in [-0.15, -0.1) is 0 Å². The summed E-state index contributed by atoms with van der Waals surface area (Å²) in [4.78, 5) is 42.4. The molecular weight excluding hydrogens is 416 g/mol. The van der Waals surface area contributed by atoms with E-state index in [2.05, 4.69) is 21.9 Å². The van der Waals surface area contributed by atoms with Gasteiger partial charge in [0, 0.05) is 24.7 Å². The van der Waals surface area contributed by atoms with Gasteiger partial charge in [0.2, 0.25) is 5.95 Å². The van der Waals surface area contributed by atoms with E-state index in [9.17, 15) is 19.5 Å². The molecule has 7 N–H and O–H groups in total. The van der Waals surface area contributed by atoms with E-state index in [1.165, 1.54) is 12.1 Å². The quantitative estimate of drug-likeness (QED) is 0.329. The molecule has 3 rings (SSSR count). The minimum Gasteiger partial charge on any atom is -0.481 e. The normalized spacial score (nSPS) is 11.8. The molecule has 0 aliphatic rings. The summed E-state index contributed by atoms with van der Waals surface area (Å²) in [5.41, 5.74) is 14.6. The molecular formula is C21H22N6O5. The van der Waals surface area contributed by atoms with Gasteiger partial charge in [-0.1, -0.05) is 18.7 Å². The van der Waals surface area contributed by atoms with Gasteiger partial charge in [-0.2, -0.15) is 4.98 Å². The molecule has 0 aliphatic heterocycles. The maximum absolute atomic E-state index is 12.4. The number of carbonyl (C=O) groups excluding carboxylic acids is 1. The fourth-order valence-corrected chi connectivity index (χ4v) is 3.21. The van der Waals surface area contributed by atoms with Crippen molar-refractivity contribution < 1.29 is 24.6 Å². The standard InChI is InChI=1S/C21H22N6O5/c1-11(10-27-9-8-14-17(27)18(22)26-21(23)25-14)12-2-4-13(5-3-12)19(30)24-15(20(31)32)6-7-16(28)29/h2-5,8-9,15H,1,6-7,10H2,(H,24,30)(H,28,29)(H,31,32)(H4,22,23,25,26)/t15-/m0/s1. The zero-order valence-electron chi connectivity index (χ0n) is 17.0. The number of carbonyl (C=O) groups is 3. The van der Waals surface area contributed by atoms with Crippen molar-refractivity contribution in [3.63, 3.8) is 0 Å². The Bertz CT molecular complexity index is 1200. The van der Waals surface area contributed by atoms with Crippen molar-refractivity contribution in [3.8, 4) is 0 Å². The molecule has 2 aromatic heterocycles. The molecule has 0 spiro atoms. The number of aromatic nitrogens is 3. The molecule has 166 valence electrons. The molecule has 11 heteroatoms. The van der Waals surface area contributed by atoms with E-state index in [4.69, 9.17) is 16.6 Å². The van der Waals surface area contributed by atoms with E-state index in [-0.39, 0.29) is 30.2 Å². The summed E-state index contributed by atoms with van der Waals surface area (Å²) in [5, 5.41) is 20.2. The Kier molecular flexibility index (Phi) is 6.38. The summed E-state index contributed by atoms with van der Waals surface area (Å²) in [6.07, 6.45) is 1.21. The average Bonchev–Trinajstić information content (AvgIpc) is 3.13. The van der Waals surface area contributed by atoms with E-state index in [0.29, 0.717) is 17.6 Å². The number of carboxylic acid groups (broad SMARTS) is 2. The highest BCUT2D eigenvalue weighted by molar-refractivity contribution is 5.97. The van der Waals surface area contributed by atoms with Crippen LogP contribution in [0.25, 0.3) is 16.6 Å². The first-order chi connectivity index (χ1) is 15.2. The fourth-order valence-electron chi connectivity index (χ4n) is 3.21. The number of aliphatic carboxylic acids is 2. The van der Waals surface area contributed by atoms with Crippen LogP contribution < -0.4 is 16.8 Å². The second kappa shape index (κ2) is 9.16. The number of nitrogens with two attached hydrogens (primary N) is 2. The summed E-state index contributed by atoms with van der Waals surface area (Å²) >= 11 is 0. The monoisotopic (exact) mass is 438 g/mol. The van der Waals surface area contributed by atoms with Gasteiger partial charge in [-0.25, -0.2) is 9.78 Å². The van der Waals surface area contributed by atoms with Gasteiger partial charge in [0.05, 0.1) is 5.52 Å². The van der Waals surface area contributed by atoms with Crippen LogP contribution in [0.2, 0.25) is 0 Å². The van der Waals surface area contributed by atoms with Crippen molar-refractivity contribution in [2.75, 3.05) is 11.5 Å². The van der Waals surface area contributed by atoms with Crippen LogP contribution in [-0.2, 0) is 16.1 Å². The van der Waals surface area contributed by atoms with Crippen LogP contribution in [0.1, 0.15) is 28.8 Å². The van der Waals surface area contributed by atoms with Crippen LogP contribution >= 0.6 is 0 Å². The Labute approximate surface area is 182 Å². The minimum atomic E-state index is -1.30. The van der Waals surface area contributed by atoms with Crippen LogP contribution in [-0.4, -0.2) is 48.6 Å². The first-order valence-corrected chi connectivity index (χ1v) is 9.57. The third-order valence-electron chi connectivity index (χ3n) is 4.82. The van der Waals surface area contributed by atoms with E-state index < -0.39 is 23.9 Å². The summed E-state index contributed by atoms with van der Waals surface area (Å²) < 4.78 is 1.84. The Morgan fingerprint density at radius 2 is 1.72 bits per heavy atom. The van der Waals surface area contributed by atoms with Crippen LogP contribution in [0, 0.1) is 0 Å². The highest BCUT2D eigenvalue weighted by Gasteiger charge is 2.21. The first-order valence-electron chi connectivity index (χ1n) is 9.57.